The van der Waals surface area contributed by atoms with E-state index in [1.807, 2.05) is 37.5 Å². The number of fused-ring (bicyclic) bond motifs is 1. The quantitative estimate of drug-likeness (QED) is 0.509. The molecule has 3 aromatic heterocycles. The van der Waals surface area contributed by atoms with Crippen molar-refractivity contribution in [2.45, 2.75) is 13.0 Å². The summed E-state index contributed by atoms with van der Waals surface area (Å²) in [4.78, 5) is 6.69. The molecule has 1 saturated heterocycles. The van der Waals surface area contributed by atoms with E-state index < -0.39 is 0 Å². The molecule has 1 unspecified atom stereocenters. The average Bonchev–Trinajstić information content (AvgIpc) is 3.18. The number of nitrogens with one attached hydrogen (secondary N) is 1. The van der Waals surface area contributed by atoms with E-state index in [2.05, 4.69) is 37.4 Å². The van der Waals surface area contributed by atoms with Gasteiger partial charge in [0.25, 0.3) is 0 Å². The van der Waals surface area contributed by atoms with Gasteiger partial charge in [0.15, 0.2) is 5.82 Å². The number of aryl methyl sites for hydroxylation is 1. The fourth-order valence-electron chi connectivity index (χ4n) is 4.11. The van der Waals surface area contributed by atoms with Crippen molar-refractivity contribution >= 4 is 16.7 Å². The van der Waals surface area contributed by atoms with Gasteiger partial charge >= 0.3 is 0 Å². The van der Waals surface area contributed by atoms with Gasteiger partial charge in [0, 0.05) is 56.1 Å². The Bertz CT molecular complexity index is 1270. The first kappa shape index (κ1) is 20.2. The minimum atomic E-state index is 0.0468. The van der Waals surface area contributed by atoms with Crippen LogP contribution in [-0.2, 0) is 7.05 Å². The van der Waals surface area contributed by atoms with Crippen molar-refractivity contribution in [2.24, 2.45) is 7.05 Å². The van der Waals surface area contributed by atoms with Crippen LogP contribution in [0.3, 0.4) is 0 Å². The summed E-state index contributed by atoms with van der Waals surface area (Å²) in [7, 11) is 3.49. The van der Waals surface area contributed by atoms with Crippen molar-refractivity contribution in [3.8, 4) is 34.0 Å². The zero-order valence-corrected chi connectivity index (χ0v) is 18.3. The smallest absolute Gasteiger partial charge is 0.151 e. The molecule has 1 aliphatic heterocycles. The molecule has 1 fully saturated rings. The molecule has 5 rings (SSSR count). The number of piperazine rings is 1. The van der Waals surface area contributed by atoms with Gasteiger partial charge in [0.05, 0.1) is 7.11 Å². The highest BCUT2D eigenvalue weighted by Crippen LogP contribution is 2.35. The summed E-state index contributed by atoms with van der Waals surface area (Å²) in [6.07, 6.45) is 3.65. The van der Waals surface area contributed by atoms with Crippen molar-refractivity contribution in [3.63, 3.8) is 0 Å². The van der Waals surface area contributed by atoms with Gasteiger partial charge in [-0.3, -0.25) is 4.68 Å². The lowest BCUT2D eigenvalue weighted by atomic mass is 10.0. The summed E-state index contributed by atoms with van der Waals surface area (Å²) in [6.45, 7) is 4.85. The highest BCUT2D eigenvalue weighted by molar-refractivity contribution is 5.90. The van der Waals surface area contributed by atoms with Crippen LogP contribution in [0.1, 0.15) is 6.92 Å². The number of hydrogen-bond donors (Lipinski definition) is 2. The zero-order valence-electron chi connectivity index (χ0n) is 18.3. The Kier molecular flexibility index (Phi) is 5.10. The lowest BCUT2D eigenvalue weighted by molar-refractivity contribution is 0.418. The molecule has 2 N–H and O–H groups in total. The van der Waals surface area contributed by atoms with Gasteiger partial charge in [-0.15, -0.1) is 10.2 Å². The maximum atomic E-state index is 10.7. The normalized spacial score (nSPS) is 16.5. The van der Waals surface area contributed by atoms with Crippen LogP contribution in [0.25, 0.3) is 33.4 Å². The van der Waals surface area contributed by atoms with Gasteiger partial charge in [0.2, 0.25) is 0 Å². The van der Waals surface area contributed by atoms with Gasteiger partial charge in [-0.2, -0.15) is 5.10 Å². The third kappa shape index (κ3) is 3.71. The molecule has 0 radical (unpaired) electrons. The van der Waals surface area contributed by atoms with Crippen LogP contribution < -0.4 is 15.0 Å². The lowest BCUT2D eigenvalue weighted by Crippen LogP contribution is -2.49. The van der Waals surface area contributed by atoms with E-state index in [0.717, 1.165) is 47.5 Å². The maximum absolute atomic E-state index is 10.7. The first-order chi connectivity index (χ1) is 15.5. The monoisotopic (exact) mass is 431 g/mol. The molecule has 0 aliphatic carbocycles. The van der Waals surface area contributed by atoms with Gasteiger partial charge < -0.3 is 20.1 Å². The van der Waals surface area contributed by atoms with E-state index in [-0.39, 0.29) is 5.75 Å². The van der Waals surface area contributed by atoms with Crippen LogP contribution in [0.2, 0.25) is 0 Å². The van der Waals surface area contributed by atoms with Crippen LogP contribution >= 0.6 is 0 Å². The summed E-state index contributed by atoms with van der Waals surface area (Å²) in [6, 6.07) is 9.77. The molecule has 4 heterocycles. The predicted octanol–water partition coefficient (Wildman–Crippen LogP) is 2.60. The standard InChI is InChI=1S/C23H25N7O2/c1-14-12-30(7-6-24-14)21-5-4-18(26-27-21)23-19(31)9-16(11-25-23)15-8-17-13-29(2)28-22(17)20(10-15)32-3/h4-5,8-11,13-14,24,31H,6-7,12H2,1-3H3. The molecule has 1 atom stereocenters. The molecule has 0 amide bonds. The van der Waals surface area contributed by atoms with Crippen molar-refractivity contribution in [1.82, 2.24) is 30.3 Å². The minimum Gasteiger partial charge on any atom is -0.506 e. The van der Waals surface area contributed by atoms with Gasteiger partial charge in [-0.25, -0.2) is 4.98 Å². The summed E-state index contributed by atoms with van der Waals surface area (Å²) < 4.78 is 7.26. The Morgan fingerprint density at radius 1 is 1.16 bits per heavy atom. The van der Waals surface area contributed by atoms with E-state index in [1.54, 1.807) is 24.1 Å². The molecule has 1 aliphatic rings. The van der Waals surface area contributed by atoms with Crippen molar-refractivity contribution in [3.05, 3.63) is 42.7 Å². The van der Waals surface area contributed by atoms with E-state index >= 15 is 0 Å². The number of nitrogens with zero attached hydrogens (tertiary/aromatic N) is 6. The number of hydrogen-bond acceptors (Lipinski definition) is 8. The topological polar surface area (TPSA) is 101 Å². The highest BCUT2D eigenvalue weighted by atomic mass is 16.5. The van der Waals surface area contributed by atoms with E-state index in [9.17, 15) is 5.11 Å². The number of aromatic nitrogens is 5. The van der Waals surface area contributed by atoms with Gasteiger partial charge in [-0.05, 0) is 42.8 Å². The van der Waals surface area contributed by atoms with Crippen LogP contribution in [-0.4, -0.2) is 62.9 Å². The second-order valence-electron chi connectivity index (χ2n) is 8.09. The number of ether oxygens (including phenoxy) is 1. The fraction of sp³-hybridized carbons (Fsp3) is 0.304. The van der Waals surface area contributed by atoms with E-state index in [0.29, 0.717) is 23.2 Å². The molecule has 0 spiro atoms. The van der Waals surface area contributed by atoms with Gasteiger partial charge in [0.1, 0.15) is 28.4 Å². The number of pyridine rings is 1. The average molecular weight is 432 g/mol. The molecular weight excluding hydrogens is 406 g/mol. The third-order valence-electron chi connectivity index (χ3n) is 5.69. The Morgan fingerprint density at radius 2 is 2.03 bits per heavy atom. The Morgan fingerprint density at radius 3 is 2.75 bits per heavy atom. The SMILES string of the molecule is COc1cc(-c2cnc(-c3ccc(N4CCNC(C)C4)nn3)c(O)c2)cc2cn(C)nc12. The van der Waals surface area contributed by atoms with Crippen LogP contribution in [0.5, 0.6) is 11.5 Å². The Labute approximate surface area is 185 Å². The summed E-state index contributed by atoms with van der Waals surface area (Å²) in [5, 5.41) is 28.2. The van der Waals surface area contributed by atoms with Crippen molar-refractivity contribution in [1.29, 1.82) is 0 Å². The number of benzene rings is 1. The summed E-state index contributed by atoms with van der Waals surface area (Å²) in [5.41, 5.74) is 3.37. The molecule has 0 bridgehead atoms. The number of aromatic hydroxyl groups is 1. The number of methoxy groups -OCH3 is 1. The molecule has 0 saturated carbocycles. The summed E-state index contributed by atoms with van der Waals surface area (Å²) in [5.74, 6) is 1.55. The molecule has 9 heteroatoms. The van der Waals surface area contributed by atoms with Crippen molar-refractivity contribution in [2.75, 3.05) is 31.6 Å². The van der Waals surface area contributed by atoms with Crippen LogP contribution in [0.15, 0.2) is 42.7 Å². The predicted molar refractivity (Wildman–Crippen MR) is 123 cm³/mol. The minimum absolute atomic E-state index is 0.0468. The zero-order chi connectivity index (χ0) is 22.2. The highest BCUT2D eigenvalue weighted by Gasteiger charge is 2.18. The molecular formula is C23H25N7O2. The third-order valence-corrected chi connectivity index (χ3v) is 5.69. The number of anilines is 1. The second-order valence-corrected chi connectivity index (χ2v) is 8.09. The number of rotatable bonds is 4. The molecule has 1 aromatic carbocycles. The fourth-order valence-corrected chi connectivity index (χ4v) is 4.11. The largest absolute Gasteiger partial charge is 0.506 e. The Balaban J connectivity index is 1.44. The molecule has 164 valence electrons. The van der Waals surface area contributed by atoms with Crippen LogP contribution in [0.4, 0.5) is 5.82 Å². The molecule has 32 heavy (non-hydrogen) atoms. The maximum Gasteiger partial charge on any atom is 0.151 e. The summed E-state index contributed by atoms with van der Waals surface area (Å²) >= 11 is 0. The first-order valence-electron chi connectivity index (χ1n) is 10.5. The van der Waals surface area contributed by atoms with E-state index in [1.165, 1.54) is 0 Å². The molecule has 9 nitrogen and oxygen atoms in total. The Hall–Kier alpha value is -3.72. The van der Waals surface area contributed by atoms with Gasteiger partial charge in [-0.1, -0.05) is 0 Å². The second kappa shape index (κ2) is 8.08. The van der Waals surface area contributed by atoms with Crippen molar-refractivity contribution < 1.29 is 9.84 Å². The van der Waals surface area contributed by atoms with E-state index in [4.69, 9.17) is 4.74 Å². The first-order valence-corrected chi connectivity index (χ1v) is 10.5. The van der Waals surface area contributed by atoms with Crippen LogP contribution in [0, 0.1) is 0 Å². The molecule has 4 aromatic rings. The lowest BCUT2D eigenvalue weighted by Gasteiger charge is -2.32.